The highest BCUT2D eigenvalue weighted by Gasteiger charge is 2.27. The lowest BCUT2D eigenvalue weighted by atomic mass is 10.1. The number of amides is 1. The molecule has 2 aromatic rings. The third kappa shape index (κ3) is 3.40. The molecule has 2 N–H and O–H groups in total. The normalized spacial score (nSPS) is 11.2. The maximum atomic E-state index is 12.1. The molecule has 0 saturated heterocycles. The number of carboxylic acid groups (broad SMARTS) is 1. The molecule has 0 spiro atoms. The van der Waals surface area contributed by atoms with Gasteiger partial charge >= 0.3 is 5.97 Å². The Hall–Kier alpha value is -2.35. The fraction of sp³-hybridized carbons (Fsp3) is 0.308. The van der Waals surface area contributed by atoms with Crippen molar-refractivity contribution in [1.29, 1.82) is 0 Å². The largest absolute Gasteiger partial charge is 0.476 e. The first kappa shape index (κ1) is 15.0. The van der Waals surface area contributed by atoms with E-state index in [0.717, 1.165) is 22.3 Å². The summed E-state index contributed by atoms with van der Waals surface area (Å²) < 4.78 is 0. The number of carbonyl (C=O) groups excluding carboxylic acids is 1. The first-order valence-corrected chi connectivity index (χ1v) is 6.92. The summed E-state index contributed by atoms with van der Waals surface area (Å²) in [7, 11) is 0. The molecule has 0 saturated carbocycles. The monoisotopic (exact) mass is 306 g/mol. The van der Waals surface area contributed by atoms with Crippen molar-refractivity contribution in [2.75, 3.05) is 0 Å². The van der Waals surface area contributed by atoms with Gasteiger partial charge in [-0.2, -0.15) is 0 Å². The number of rotatable bonds is 4. The molecule has 21 heavy (non-hydrogen) atoms. The second-order valence-electron chi connectivity index (χ2n) is 4.95. The lowest BCUT2D eigenvalue weighted by Crippen LogP contribution is -2.41. The molecule has 2 heterocycles. The Morgan fingerprint density at radius 2 is 1.76 bits per heavy atom. The second-order valence-corrected chi connectivity index (χ2v) is 6.18. The van der Waals surface area contributed by atoms with E-state index < -0.39 is 17.4 Å². The van der Waals surface area contributed by atoms with Crippen LogP contribution in [0.3, 0.4) is 0 Å². The molecule has 2 rings (SSSR count). The number of nitrogens with zero attached hydrogens (tertiary/aromatic N) is 3. The van der Waals surface area contributed by atoms with Crippen LogP contribution in [0.4, 0.5) is 0 Å². The molecule has 0 fully saturated rings. The van der Waals surface area contributed by atoms with Crippen LogP contribution in [-0.4, -0.2) is 31.9 Å². The van der Waals surface area contributed by atoms with Crippen molar-refractivity contribution in [3.63, 3.8) is 0 Å². The molecule has 0 aliphatic carbocycles. The lowest BCUT2D eigenvalue weighted by molar-refractivity contribution is 0.0688. The molecule has 0 atom stereocenters. The van der Waals surface area contributed by atoms with Gasteiger partial charge in [0.15, 0.2) is 5.69 Å². The maximum absolute atomic E-state index is 12.1. The molecule has 0 bridgehead atoms. The van der Waals surface area contributed by atoms with Crippen molar-refractivity contribution in [3.05, 3.63) is 39.9 Å². The van der Waals surface area contributed by atoms with E-state index in [4.69, 9.17) is 5.11 Å². The van der Waals surface area contributed by atoms with Crippen LogP contribution in [0.25, 0.3) is 0 Å². The molecular formula is C13H14N4O3S. The Bertz CT molecular complexity index is 679. The molecular weight excluding hydrogens is 292 g/mol. The Kier molecular flexibility index (Phi) is 3.99. The molecule has 0 unspecified atom stereocenters. The van der Waals surface area contributed by atoms with Crippen LogP contribution < -0.4 is 5.32 Å². The van der Waals surface area contributed by atoms with Crippen LogP contribution in [0, 0.1) is 6.92 Å². The fourth-order valence-corrected chi connectivity index (χ4v) is 2.42. The topological polar surface area (TPSA) is 105 Å². The van der Waals surface area contributed by atoms with Gasteiger partial charge in [0.1, 0.15) is 10.7 Å². The summed E-state index contributed by atoms with van der Waals surface area (Å²) in [6, 6.07) is 0. The van der Waals surface area contributed by atoms with E-state index in [0.29, 0.717) is 0 Å². The third-order valence-electron chi connectivity index (χ3n) is 2.69. The van der Waals surface area contributed by atoms with Gasteiger partial charge in [-0.15, -0.1) is 11.3 Å². The van der Waals surface area contributed by atoms with Gasteiger partial charge < -0.3 is 10.4 Å². The van der Waals surface area contributed by atoms with Crippen molar-refractivity contribution < 1.29 is 14.7 Å². The van der Waals surface area contributed by atoms with Crippen LogP contribution in [-0.2, 0) is 5.54 Å². The summed E-state index contributed by atoms with van der Waals surface area (Å²) in [5, 5.41) is 12.3. The average molecular weight is 306 g/mol. The number of carboxylic acids is 1. The van der Waals surface area contributed by atoms with E-state index in [1.54, 1.807) is 6.20 Å². The number of hydrogen-bond acceptors (Lipinski definition) is 6. The van der Waals surface area contributed by atoms with Crippen molar-refractivity contribution in [2.45, 2.75) is 26.3 Å². The van der Waals surface area contributed by atoms with Crippen molar-refractivity contribution in [2.24, 2.45) is 0 Å². The zero-order valence-electron chi connectivity index (χ0n) is 11.7. The van der Waals surface area contributed by atoms with Crippen LogP contribution in [0.2, 0.25) is 0 Å². The molecule has 0 aliphatic rings. The van der Waals surface area contributed by atoms with Crippen molar-refractivity contribution in [1.82, 2.24) is 20.3 Å². The standard InChI is InChI=1S/C13H14N4O3S/c1-7-4-16-12(21-7)13(2,3)17-10(18)8-5-15-9(6-14-8)11(19)20/h4-6H,1-3H3,(H,17,18)(H,19,20). The van der Waals surface area contributed by atoms with Gasteiger partial charge in [0.25, 0.3) is 5.91 Å². The number of aromatic nitrogens is 3. The van der Waals surface area contributed by atoms with E-state index in [-0.39, 0.29) is 11.4 Å². The smallest absolute Gasteiger partial charge is 0.356 e. The highest BCUT2D eigenvalue weighted by molar-refractivity contribution is 7.11. The van der Waals surface area contributed by atoms with E-state index >= 15 is 0 Å². The third-order valence-corrected chi connectivity index (χ3v) is 3.92. The van der Waals surface area contributed by atoms with Gasteiger partial charge in [0, 0.05) is 11.1 Å². The SMILES string of the molecule is Cc1cnc(C(C)(C)NC(=O)c2cnc(C(=O)O)cn2)s1. The van der Waals surface area contributed by atoms with Crippen molar-refractivity contribution >= 4 is 23.2 Å². The van der Waals surface area contributed by atoms with Gasteiger partial charge in [-0.05, 0) is 20.8 Å². The summed E-state index contributed by atoms with van der Waals surface area (Å²) in [6.45, 7) is 5.61. The summed E-state index contributed by atoms with van der Waals surface area (Å²) in [4.78, 5) is 35.6. The molecule has 8 heteroatoms. The molecule has 110 valence electrons. The van der Waals surface area contributed by atoms with Crippen LogP contribution in [0.1, 0.15) is 44.7 Å². The van der Waals surface area contributed by atoms with Gasteiger partial charge in [0.05, 0.1) is 17.9 Å². The second kappa shape index (κ2) is 5.57. The summed E-state index contributed by atoms with van der Waals surface area (Å²) >= 11 is 1.50. The Labute approximate surface area is 125 Å². The maximum Gasteiger partial charge on any atom is 0.356 e. The minimum absolute atomic E-state index is 0.0568. The van der Waals surface area contributed by atoms with Crippen LogP contribution in [0.15, 0.2) is 18.6 Å². The van der Waals surface area contributed by atoms with Crippen LogP contribution >= 0.6 is 11.3 Å². The molecule has 7 nitrogen and oxygen atoms in total. The van der Waals surface area contributed by atoms with Gasteiger partial charge in [-0.1, -0.05) is 0 Å². The number of carbonyl (C=O) groups is 2. The molecule has 2 aromatic heterocycles. The van der Waals surface area contributed by atoms with Crippen LogP contribution in [0.5, 0.6) is 0 Å². The van der Waals surface area contributed by atoms with E-state index in [1.807, 2.05) is 20.8 Å². The Balaban J connectivity index is 2.15. The first-order chi connectivity index (χ1) is 9.79. The van der Waals surface area contributed by atoms with Crippen molar-refractivity contribution in [3.8, 4) is 0 Å². The van der Waals surface area contributed by atoms with E-state index in [1.165, 1.54) is 11.3 Å². The highest BCUT2D eigenvalue weighted by Crippen LogP contribution is 2.24. The molecule has 0 aromatic carbocycles. The number of aromatic carboxylic acids is 1. The summed E-state index contributed by atoms with van der Waals surface area (Å²) in [5.41, 5.74) is -0.800. The fourth-order valence-electron chi connectivity index (χ4n) is 1.60. The average Bonchev–Trinajstić information content (AvgIpc) is 2.86. The van der Waals surface area contributed by atoms with E-state index in [9.17, 15) is 9.59 Å². The quantitative estimate of drug-likeness (QED) is 0.889. The minimum Gasteiger partial charge on any atom is -0.476 e. The molecule has 1 amide bonds. The Morgan fingerprint density at radius 1 is 1.14 bits per heavy atom. The molecule has 0 aliphatic heterocycles. The number of nitrogens with one attached hydrogen (secondary N) is 1. The van der Waals surface area contributed by atoms with Gasteiger partial charge in [-0.25, -0.2) is 19.7 Å². The van der Waals surface area contributed by atoms with Gasteiger partial charge in [0.2, 0.25) is 0 Å². The highest BCUT2D eigenvalue weighted by atomic mass is 32.1. The summed E-state index contributed by atoms with van der Waals surface area (Å²) in [6.07, 6.45) is 3.94. The van der Waals surface area contributed by atoms with E-state index in [2.05, 4.69) is 20.3 Å². The number of aryl methyl sites for hydroxylation is 1. The minimum atomic E-state index is -1.19. The predicted molar refractivity (Wildman–Crippen MR) is 76.3 cm³/mol. The summed E-state index contributed by atoms with van der Waals surface area (Å²) in [5.74, 6) is -1.62. The Morgan fingerprint density at radius 3 is 2.24 bits per heavy atom. The number of hydrogen-bond donors (Lipinski definition) is 2. The molecule has 0 radical (unpaired) electrons. The predicted octanol–water partition coefficient (Wildman–Crippen LogP) is 1.60. The first-order valence-electron chi connectivity index (χ1n) is 6.10. The zero-order chi connectivity index (χ0) is 15.6. The van der Waals surface area contributed by atoms with Gasteiger partial charge in [-0.3, -0.25) is 4.79 Å². The number of thiazole rings is 1. The zero-order valence-corrected chi connectivity index (χ0v) is 12.6. The lowest BCUT2D eigenvalue weighted by Gasteiger charge is -2.23.